The molecule has 0 saturated heterocycles. The zero-order valence-electron chi connectivity index (χ0n) is 11.2. The molecule has 0 bridgehead atoms. The van der Waals surface area contributed by atoms with Crippen LogP contribution in [0.4, 0.5) is 0 Å². The van der Waals surface area contributed by atoms with E-state index in [1.807, 2.05) is 27.7 Å². The molecule has 17 heavy (non-hydrogen) atoms. The quantitative estimate of drug-likeness (QED) is 0.667. The van der Waals surface area contributed by atoms with Crippen molar-refractivity contribution in [3.8, 4) is 0 Å². The van der Waals surface area contributed by atoms with Crippen LogP contribution in [0.1, 0.15) is 47.0 Å². The number of ether oxygens (including phenoxy) is 1. The molecule has 0 aliphatic rings. The lowest BCUT2D eigenvalue weighted by atomic mass is 9.91. The zero-order valence-corrected chi connectivity index (χ0v) is 11.2. The van der Waals surface area contributed by atoms with Gasteiger partial charge in [-0.05, 0) is 24.2 Å². The number of rotatable bonds is 8. The minimum absolute atomic E-state index is 0.0367. The lowest BCUT2D eigenvalue weighted by molar-refractivity contribution is -0.146. The maximum Gasteiger partial charge on any atom is 0.306 e. The molecule has 0 aliphatic carbocycles. The van der Waals surface area contributed by atoms with Gasteiger partial charge in [0.1, 0.15) is 0 Å². The van der Waals surface area contributed by atoms with Crippen LogP contribution in [-0.4, -0.2) is 23.7 Å². The third-order valence-corrected chi connectivity index (χ3v) is 2.30. The zero-order chi connectivity index (χ0) is 13.4. The van der Waals surface area contributed by atoms with Gasteiger partial charge in [-0.2, -0.15) is 0 Å². The summed E-state index contributed by atoms with van der Waals surface area (Å²) in [6.45, 7) is 8.38. The Morgan fingerprint density at radius 3 is 2.06 bits per heavy atom. The highest BCUT2D eigenvalue weighted by atomic mass is 16.5. The lowest BCUT2D eigenvalue weighted by Gasteiger charge is -2.16. The monoisotopic (exact) mass is 244 g/mol. The summed E-state index contributed by atoms with van der Waals surface area (Å²) < 4.78 is 5.07. The number of hydrogen-bond acceptors (Lipinski definition) is 3. The van der Waals surface area contributed by atoms with Gasteiger partial charge in [0.05, 0.1) is 6.61 Å². The van der Waals surface area contributed by atoms with Crippen molar-refractivity contribution in [2.45, 2.75) is 47.0 Å². The second-order valence-corrected chi connectivity index (χ2v) is 5.37. The van der Waals surface area contributed by atoms with Crippen LogP contribution in [0.2, 0.25) is 0 Å². The molecule has 0 radical (unpaired) electrons. The number of carbonyl (C=O) groups excluding carboxylic acids is 1. The van der Waals surface area contributed by atoms with Crippen molar-refractivity contribution in [2.75, 3.05) is 6.61 Å². The number of hydrogen-bond donors (Lipinski definition) is 1. The molecule has 0 aromatic heterocycles. The van der Waals surface area contributed by atoms with Crippen LogP contribution < -0.4 is 0 Å². The van der Waals surface area contributed by atoms with Crippen molar-refractivity contribution >= 4 is 11.9 Å². The van der Waals surface area contributed by atoms with Gasteiger partial charge in [0.15, 0.2) is 0 Å². The fourth-order valence-corrected chi connectivity index (χ4v) is 1.71. The first-order chi connectivity index (χ1) is 7.81. The number of carboxylic acids is 1. The third-order valence-electron chi connectivity index (χ3n) is 2.30. The number of carboxylic acid groups (broad SMARTS) is 1. The Morgan fingerprint density at radius 1 is 1.06 bits per heavy atom. The minimum atomic E-state index is -0.854. The molecule has 0 saturated carbocycles. The van der Waals surface area contributed by atoms with Gasteiger partial charge in [0.25, 0.3) is 0 Å². The lowest BCUT2D eigenvalue weighted by Crippen LogP contribution is -2.18. The summed E-state index contributed by atoms with van der Waals surface area (Å²) in [5, 5.41) is 8.78. The highest BCUT2D eigenvalue weighted by Crippen LogP contribution is 2.20. The molecule has 0 spiro atoms. The predicted molar refractivity (Wildman–Crippen MR) is 65.6 cm³/mol. The van der Waals surface area contributed by atoms with Crippen LogP contribution >= 0.6 is 0 Å². The Balaban J connectivity index is 4.12. The van der Waals surface area contributed by atoms with Gasteiger partial charge in [-0.15, -0.1) is 0 Å². The normalized spacial score (nSPS) is 12.8. The molecule has 4 heteroatoms. The van der Waals surface area contributed by atoms with Crippen molar-refractivity contribution in [1.82, 2.24) is 0 Å². The van der Waals surface area contributed by atoms with Crippen molar-refractivity contribution in [3.63, 3.8) is 0 Å². The SMILES string of the molecule is CC(C)COC(=O)C[C@@H](CC(=O)O)CC(C)C. The van der Waals surface area contributed by atoms with E-state index in [0.29, 0.717) is 18.4 Å². The maximum atomic E-state index is 11.5. The minimum Gasteiger partial charge on any atom is -0.481 e. The molecule has 0 aliphatic heterocycles. The number of aliphatic carboxylic acids is 1. The van der Waals surface area contributed by atoms with Gasteiger partial charge < -0.3 is 9.84 Å². The molecule has 4 nitrogen and oxygen atoms in total. The second kappa shape index (κ2) is 8.09. The van der Waals surface area contributed by atoms with E-state index in [9.17, 15) is 9.59 Å². The Morgan fingerprint density at radius 2 is 1.65 bits per heavy atom. The molecule has 0 aromatic carbocycles. The van der Waals surface area contributed by atoms with Crippen molar-refractivity contribution in [3.05, 3.63) is 0 Å². The average molecular weight is 244 g/mol. The largest absolute Gasteiger partial charge is 0.481 e. The maximum absolute atomic E-state index is 11.5. The van der Waals surface area contributed by atoms with E-state index in [4.69, 9.17) is 9.84 Å². The van der Waals surface area contributed by atoms with Crippen LogP contribution in [-0.2, 0) is 14.3 Å². The van der Waals surface area contributed by atoms with Gasteiger partial charge in [-0.3, -0.25) is 9.59 Å². The molecule has 0 unspecified atom stereocenters. The summed E-state index contributed by atoms with van der Waals surface area (Å²) >= 11 is 0. The average Bonchev–Trinajstić information content (AvgIpc) is 2.12. The van der Waals surface area contributed by atoms with Crippen LogP contribution in [0.25, 0.3) is 0 Å². The van der Waals surface area contributed by atoms with E-state index >= 15 is 0 Å². The summed E-state index contributed by atoms with van der Waals surface area (Å²) in [7, 11) is 0. The Hall–Kier alpha value is -1.06. The summed E-state index contributed by atoms with van der Waals surface area (Å²) in [6, 6.07) is 0. The van der Waals surface area contributed by atoms with Crippen LogP contribution in [0.3, 0.4) is 0 Å². The van der Waals surface area contributed by atoms with E-state index in [1.165, 1.54) is 0 Å². The van der Waals surface area contributed by atoms with E-state index in [-0.39, 0.29) is 24.7 Å². The molecular formula is C13H24O4. The molecule has 0 heterocycles. The predicted octanol–water partition coefficient (Wildman–Crippen LogP) is 2.71. The summed E-state index contributed by atoms with van der Waals surface area (Å²) in [4.78, 5) is 22.2. The van der Waals surface area contributed by atoms with Crippen LogP contribution in [0, 0.1) is 17.8 Å². The third kappa shape index (κ3) is 9.85. The highest BCUT2D eigenvalue weighted by molar-refractivity contribution is 5.72. The topological polar surface area (TPSA) is 63.6 Å². The first kappa shape index (κ1) is 15.9. The smallest absolute Gasteiger partial charge is 0.306 e. The van der Waals surface area contributed by atoms with E-state index < -0.39 is 5.97 Å². The molecule has 0 aromatic rings. The Bertz CT molecular complexity index is 246. The van der Waals surface area contributed by atoms with Crippen molar-refractivity contribution in [2.24, 2.45) is 17.8 Å². The molecule has 0 fully saturated rings. The second-order valence-electron chi connectivity index (χ2n) is 5.37. The van der Waals surface area contributed by atoms with Gasteiger partial charge in [-0.25, -0.2) is 0 Å². The Kier molecular flexibility index (Phi) is 7.59. The molecule has 100 valence electrons. The van der Waals surface area contributed by atoms with Crippen molar-refractivity contribution in [1.29, 1.82) is 0 Å². The van der Waals surface area contributed by atoms with Crippen LogP contribution in [0.15, 0.2) is 0 Å². The molecule has 0 amide bonds. The standard InChI is InChI=1S/C13H24O4/c1-9(2)5-11(6-12(14)15)7-13(16)17-8-10(3)4/h9-11H,5-8H2,1-4H3,(H,14,15)/t11-/m1/s1. The molecule has 1 atom stereocenters. The first-order valence-electron chi connectivity index (χ1n) is 6.18. The molecule has 0 rings (SSSR count). The van der Waals surface area contributed by atoms with Gasteiger partial charge in [0.2, 0.25) is 0 Å². The fourth-order valence-electron chi connectivity index (χ4n) is 1.71. The van der Waals surface area contributed by atoms with Crippen molar-refractivity contribution < 1.29 is 19.4 Å². The van der Waals surface area contributed by atoms with E-state index in [1.54, 1.807) is 0 Å². The highest BCUT2D eigenvalue weighted by Gasteiger charge is 2.19. The van der Waals surface area contributed by atoms with E-state index in [2.05, 4.69) is 0 Å². The number of carbonyl (C=O) groups is 2. The Labute approximate surface area is 103 Å². The summed E-state index contributed by atoms with van der Waals surface area (Å²) in [6.07, 6.45) is 0.981. The van der Waals surface area contributed by atoms with E-state index in [0.717, 1.165) is 6.42 Å². The molecule has 1 N–H and O–H groups in total. The molecular weight excluding hydrogens is 220 g/mol. The van der Waals surface area contributed by atoms with Gasteiger partial charge in [0, 0.05) is 12.8 Å². The summed E-state index contributed by atoms with van der Waals surface area (Å²) in [5.74, 6) is -0.565. The first-order valence-corrected chi connectivity index (χ1v) is 6.18. The van der Waals surface area contributed by atoms with Gasteiger partial charge in [-0.1, -0.05) is 27.7 Å². The number of esters is 1. The van der Waals surface area contributed by atoms with Crippen LogP contribution in [0.5, 0.6) is 0 Å². The van der Waals surface area contributed by atoms with Gasteiger partial charge >= 0.3 is 11.9 Å². The fraction of sp³-hybridized carbons (Fsp3) is 0.846. The summed E-state index contributed by atoms with van der Waals surface area (Å²) in [5.41, 5.74) is 0.